The summed E-state index contributed by atoms with van der Waals surface area (Å²) in [5.41, 5.74) is 0.424. The van der Waals surface area contributed by atoms with Gasteiger partial charge in [0.25, 0.3) is 0 Å². The van der Waals surface area contributed by atoms with Crippen molar-refractivity contribution < 1.29 is 39.1 Å². The van der Waals surface area contributed by atoms with Gasteiger partial charge in [-0.3, -0.25) is 4.90 Å². The summed E-state index contributed by atoms with van der Waals surface area (Å²) in [6.07, 6.45) is -0.308. The van der Waals surface area contributed by atoms with Crippen LogP contribution in [0.1, 0.15) is 39.3 Å². The van der Waals surface area contributed by atoms with Crippen molar-refractivity contribution in [2.45, 2.75) is 45.4 Å². The molecule has 1 aliphatic rings. The summed E-state index contributed by atoms with van der Waals surface area (Å²) in [7, 11) is 0. The Morgan fingerprint density at radius 1 is 1.29 bits per heavy atom. The molecule has 8 heteroatoms. The van der Waals surface area contributed by atoms with Crippen LogP contribution in [0.2, 0.25) is 10.0 Å². The molecule has 1 heterocycles. The van der Waals surface area contributed by atoms with Crippen LogP contribution in [0.5, 0.6) is 0 Å². The quantitative estimate of drug-likeness (QED) is 0.685. The number of halogens is 2. The number of benzene rings is 1. The Labute approximate surface area is 178 Å². The van der Waals surface area contributed by atoms with Gasteiger partial charge in [-0.05, 0) is 45.4 Å². The number of carbonyl (C=O) groups excluding carboxylic acids is 1. The Morgan fingerprint density at radius 3 is 2.46 bits per heavy atom. The van der Waals surface area contributed by atoms with Crippen molar-refractivity contribution in [1.29, 1.82) is 0 Å². The molecule has 0 unspecified atom stereocenters. The van der Waals surface area contributed by atoms with E-state index in [-0.39, 0.29) is 56.1 Å². The van der Waals surface area contributed by atoms with Gasteiger partial charge in [0.1, 0.15) is 5.60 Å². The van der Waals surface area contributed by atoms with E-state index in [1.54, 1.807) is 11.0 Å². The van der Waals surface area contributed by atoms with Crippen LogP contribution < -0.4 is 34.9 Å². The summed E-state index contributed by atoms with van der Waals surface area (Å²) < 4.78 is 5.53. The molecule has 1 aromatic rings. The number of hydrogen-bond acceptors (Lipinski definition) is 3. The van der Waals surface area contributed by atoms with Crippen LogP contribution in [0.4, 0.5) is 4.79 Å². The first-order valence-corrected chi connectivity index (χ1v) is 8.11. The van der Waals surface area contributed by atoms with Gasteiger partial charge in [0.2, 0.25) is 0 Å². The van der Waals surface area contributed by atoms with Gasteiger partial charge in [0.05, 0.1) is 16.1 Å². The molecule has 2 rings (SSSR count). The van der Waals surface area contributed by atoms with E-state index in [0.717, 1.165) is 5.56 Å². The maximum Gasteiger partial charge on any atom is 1.00 e. The van der Waals surface area contributed by atoms with Gasteiger partial charge in [-0.1, -0.05) is 37.7 Å². The summed E-state index contributed by atoms with van der Waals surface area (Å²) in [5, 5.41) is 4.38. The molecule has 4 nitrogen and oxygen atoms in total. The first-order chi connectivity index (χ1) is 10.2. The van der Waals surface area contributed by atoms with E-state index < -0.39 is 5.60 Å². The molecule has 1 aromatic carbocycles. The Morgan fingerprint density at radius 2 is 1.92 bits per heavy atom. The molecule has 0 radical (unpaired) electrons. The van der Waals surface area contributed by atoms with E-state index in [4.69, 9.17) is 27.9 Å². The molecule has 0 aromatic heterocycles. The van der Waals surface area contributed by atoms with Crippen molar-refractivity contribution in [3.05, 3.63) is 33.8 Å². The van der Waals surface area contributed by atoms with Gasteiger partial charge in [0.15, 0.2) is 0 Å². The van der Waals surface area contributed by atoms with Crippen molar-refractivity contribution >= 4 is 37.7 Å². The van der Waals surface area contributed by atoms with Crippen LogP contribution in [0.15, 0.2) is 18.2 Å². The van der Waals surface area contributed by atoms with E-state index >= 15 is 0 Å². The van der Waals surface area contributed by atoms with Crippen molar-refractivity contribution in [3.8, 4) is 0 Å². The minimum Gasteiger partial charge on any atom is -0.444 e. The van der Waals surface area contributed by atoms with E-state index in [9.17, 15) is 4.79 Å². The molecular formula is C16H26BCl2N2NaO2. The monoisotopic (exact) mass is 382 g/mol. The molecule has 130 valence electrons. The number of hydrogen-bond donors (Lipinski definition) is 1. The maximum atomic E-state index is 12.5. The largest absolute Gasteiger partial charge is 1.00 e. The van der Waals surface area contributed by atoms with Gasteiger partial charge < -0.3 is 10.1 Å². The van der Waals surface area contributed by atoms with Crippen LogP contribution in [-0.4, -0.2) is 44.1 Å². The smallest absolute Gasteiger partial charge is 0.444 e. The van der Waals surface area contributed by atoms with Gasteiger partial charge in [-0.15, -0.1) is 0 Å². The zero-order valence-corrected chi connectivity index (χ0v) is 17.8. The standard InChI is InChI=1S/C16H22Cl2N2O2.BH4.Na/c1-10-9-20(15(21)22-16(2,3)4)14(8-19-10)11-5-6-12(17)13(18)7-11;;/h5-7,10,14,19H,8-9H2,1-4H3;1H4;/q;-1;+1/t10-,14-;;/m1../s1. The van der Waals surface area contributed by atoms with Crippen molar-refractivity contribution in [1.82, 2.24) is 10.2 Å². The summed E-state index contributed by atoms with van der Waals surface area (Å²) in [4.78, 5) is 14.3. The predicted octanol–water partition coefficient (Wildman–Crippen LogP) is -0.184. The van der Waals surface area contributed by atoms with Gasteiger partial charge in [-0.2, -0.15) is 0 Å². The molecule has 0 aliphatic carbocycles. The van der Waals surface area contributed by atoms with Gasteiger partial charge in [-0.25, -0.2) is 4.79 Å². The molecule has 0 spiro atoms. The second-order valence-corrected chi connectivity index (χ2v) is 7.45. The van der Waals surface area contributed by atoms with Gasteiger partial charge >= 0.3 is 35.7 Å². The predicted molar refractivity (Wildman–Crippen MR) is 101 cm³/mol. The number of carbonyl (C=O) groups is 1. The normalized spacial score (nSPS) is 20.7. The number of piperazine rings is 1. The number of amides is 1. The molecular weight excluding hydrogens is 357 g/mol. The summed E-state index contributed by atoms with van der Waals surface area (Å²) >= 11 is 12.1. The maximum absolute atomic E-state index is 12.5. The third-order valence-electron chi connectivity index (χ3n) is 3.46. The SMILES string of the molecule is C[C@@H]1CN(C(=O)OC(C)(C)C)[C@@H](c2ccc(Cl)c(Cl)c2)CN1.[BH4-].[Na+]. The Balaban J connectivity index is 0.00000264. The van der Waals surface area contributed by atoms with Gasteiger partial charge in [0, 0.05) is 19.1 Å². The van der Waals surface area contributed by atoms with Crippen molar-refractivity contribution in [2.75, 3.05) is 13.1 Å². The molecule has 0 bridgehead atoms. The van der Waals surface area contributed by atoms with Crippen LogP contribution >= 0.6 is 23.2 Å². The second-order valence-electron chi connectivity index (χ2n) is 6.63. The number of nitrogens with zero attached hydrogens (tertiary/aromatic N) is 1. The van der Waals surface area contributed by atoms with Crippen LogP contribution in [0.25, 0.3) is 0 Å². The summed E-state index contributed by atoms with van der Waals surface area (Å²) in [5.74, 6) is 0. The van der Waals surface area contributed by atoms with Crippen molar-refractivity contribution in [2.24, 2.45) is 0 Å². The van der Waals surface area contributed by atoms with Crippen LogP contribution in [0, 0.1) is 0 Å². The minimum atomic E-state index is -0.520. The van der Waals surface area contributed by atoms with Crippen LogP contribution in [-0.2, 0) is 4.74 Å². The zero-order valence-electron chi connectivity index (χ0n) is 14.3. The molecule has 1 amide bonds. The number of ether oxygens (including phenoxy) is 1. The Bertz CT molecular complexity index is 569. The van der Waals surface area contributed by atoms with E-state index in [2.05, 4.69) is 5.32 Å². The third-order valence-corrected chi connectivity index (χ3v) is 4.20. The molecule has 0 saturated carbocycles. The van der Waals surface area contributed by atoms with E-state index in [1.165, 1.54) is 0 Å². The zero-order chi connectivity index (χ0) is 16.5. The first kappa shape index (κ1) is 24.1. The summed E-state index contributed by atoms with van der Waals surface area (Å²) in [6.45, 7) is 8.88. The average molecular weight is 383 g/mol. The Hall–Kier alpha value is 0.0949. The summed E-state index contributed by atoms with van der Waals surface area (Å²) in [6, 6.07) is 5.55. The number of rotatable bonds is 1. The fraction of sp³-hybridized carbons (Fsp3) is 0.562. The molecule has 1 aliphatic heterocycles. The topological polar surface area (TPSA) is 41.6 Å². The Kier molecular flexibility index (Phi) is 9.74. The fourth-order valence-corrected chi connectivity index (χ4v) is 2.76. The average Bonchev–Trinajstić information content (AvgIpc) is 2.40. The second kappa shape index (κ2) is 9.70. The first-order valence-electron chi connectivity index (χ1n) is 7.35. The van der Waals surface area contributed by atoms with E-state index in [0.29, 0.717) is 23.1 Å². The van der Waals surface area contributed by atoms with Crippen LogP contribution in [0.3, 0.4) is 0 Å². The molecule has 1 saturated heterocycles. The van der Waals surface area contributed by atoms with E-state index in [1.807, 2.05) is 39.8 Å². The molecule has 24 heavy (non-hydrogen) atoms. The fourth-order valence-electron chi connectivity index (χ4n) is 2.45. The number of nitrogens with one attached hydrogen (secondary N) is 1. The molecule has 2 atom stereocenters. The van der Waals surface area contributed by atoms with Crippen molar-refractivity contribution in [3.63, 3.8) is 0 Å². The molecule has 1 N–H and O–H groups in total. The molecule has 1 fully saturated rings. The minimum absolute atomic E-state index is 0. The third kappa shape index (κ3) is 6.43.